The molecule has 90 heavy (non-hydrogen) atoms. The number of carbonyl (C=O) groups excluding carboxylic acids is 9. The first-order valence-corrected chi connectivity index (χ1v) is 30.7. The number of unbranched alkanes of at least 4 members (excludes halogenated alkanes) is 2. The molecule has 11 atom stereocenters. The maximum Gasteiger partial charge on any atom is 0.326 e. The molecule has 0 aliphatic carbocycles. The van der Waals surface area contributed by atoms with Gasteiger partial charge >= 0.3 is 11.9 Å². The van der Waals surface area contributed by atoms with Crippen LogP contribution in [0.15, 0.2) is 54.7 Å². The maximum absolute atomic E-state index is 14.8. The molecule has 500 valence electrons. The van der Waals surface area contributed by atoms with Crippen molar-refractivity contribution in [3.05, 3.63) is 65.9 Å². The number of aliphatic carboxylic acids is 2. The Hall–Kier alpha value is -8.21. The molecule has 0 saturated carbocycles. The lowest BCUT2D eigenvalue weighted by Crippen LogP contribution is -2.63. The Morgan fingerprint density at radius 2 is 0.911 bits per heavy atom. The third kappa shape index (κ3) is 25.0. The van der Waals surface area contributed by atoms with Gasteiger partial charge in [0.05, 0.1) is 12.1 Å². The van der Waals surface area contributed by atoms with Gasteiger partial charge in [-0.1, -0.05) is 85.7 Å². The van der Waals surface area contributed by atoms with Crippen LogP contribution in [0.4, 0.5) is 0 Å². The number of amides is 9. The third-order valence-electron chi connectivity index (χ3n) is 15.1. The topological polar surface area (TPSA) is 471 Å². The summed E-state index contributed by atoms with van der Waals surface area (Å²) in [5.74, 6) is -12.5. The number of fused-ring (bicyclic) bond motifs is 1. The number of benzene rings is 2. The number of aromatic hydroxyl groups is 1. The fourth-order valence-corrected chi connectivity index (χ4v) is 9.69. The van der Waals surface area contributed by atoms with Crippen LogP contribution in [0.3, 0.4) is 0 Å². The van der Waals surface area contributed by atoms with Crippen LogP contribution < -0.4 is 65.1 Å². The van der Waals surface area contributed by atoms with E-state index in [4.69, 9.17) is 17.2 Å². The molecule has 2 aromatic carbocycles. The Balaban J connectivity index is 1.97. The highest BCUT2D eigenvalue weighted by molar-refractivity contribution is 5.99. The standard InChI is InChI=1S/C62H97N13O15/c1-32(2)28-45(70-56(83)46(71-58(85)49(65)33(3)4)29-37-20-22-39(77)23-21-37)55(82)67-43(24-25-48(78)79)54(81)75-52(36(9)76)61(88)72-47(30-38-31-66-41-17-11-10-16-40(38)41)57(84)74-50(34(5)6)59(86)68-42(18-12-14-26-63)53(80)73-51(35(7)8)60(87)69-44(62(89)90)19-13-15-27-64/h10-11,16-17,20-23,31-36,42-47,49-52,66,76-77H,12-15,18-19,24-30,63-65H2,1-9H3,(H,67,82)(H,68,86)(H,69,87)(H,70,83)(H,71,85)(H,72,88)(H,73,80)(H,74,84)(H,75,81)(H,78,79)(H,89,90)/t36-,42+,43+,44+,45+,46+,47+,49+,50+,51+,52+/m1/s1. The van der Waals surface area contributed by atoms with Gasteiger partial charge in [-0.15, -0.1) is 0 Å². The number of carboxylic acids is 2. The van der Waals surface area contributed by atoms with Gasteiger partial charge in [-0.25, -0.2) is 4.79 Å². The molecule has 3 rings (SSSR count). The number of rotatable bonds is 40. The molecule has 0 spiro atoms. The second-order valence-electron chi connectivity index (χ2n) is 24.2. The minimum Gasteiger partial charge on any atom is -0.508 e. The molecular weight excluding hydrogens is 1170 g/mol. The van der Waals surface area contributed by atoms with E-state index in [0.29, 0.717) is 54.3 Å². The number of phenolic OH excluding ortho intramolecular Hbond substituents is 1. The minimum atomic E-state index is -1.88. The van der Waals surface area contributed by atoms with Crippen LogP contribution in [0.5, 0.6) is 5.75 Å². The van der Waals surface area contributed by atoms with E-state index in [1.807, 2.05) is 0 Å². The van der Waals surface area contributed by atoms with Gasteiger partial charge in [-0.2, -0.15) is 0 Å². The molecule has 0 saturated heterocycles. The lowest BCUT2D eigenvalue weighted by molar-refractivity contribution is -0.143. The van der Waals surface area contributed by atoms with Crippen LogP contribution >= 0.6 is 0 Å². The van der Waals surface area contributed by atoms with Gasteiger partial charge in [0.15, 0.2) is 0 Å². The molecule has 9 amide bonds. The Kier molecular flexibility index (Phi) is 31.9. The third-order valence-corrected chi connectivity index (χ3v) is 15.1. The van der Waals surface area contributed by atoms with Crippen LogP contribution in [0.1, 0.15) is 131 Å². The zero-order chi connectivity index (χ0) is 67.5. The van der Waals surface area contributed by atoms with Crippen LogP contribution in [0, 0.1) is 23.7 Å². The number of para-hydroxylation sites is 1. The number of phenols is 1. The molecule has 20 N–H and O–H groups in total. The zero-order valence-corrected chi connectivity index (χ0v) is 53.1. The van der Waals surface area contributed by atoms with Crippen LogP contribution in [0.25, 0.3) is 10.9 Å². The molecular formula is C62H97N13O15. The second kappa shape index (κ2) is 37.7. The number of nitrogens with one attached hydrogen (secondary N) is 10. The SMILES string of the molecule is CC(C)C[C@H](NC(=O)[C@H](Cc1ccc(O)cc1)NC(=O)[C@@H](N)C(C)C)C(=O)N[C@@H](CCC(=O)O)C(=O)N[C@H](C(=O)N[C@@H](Cc1c[nH]c2ccccc12)C(=O)N[C@H](C(=O)N[C@@H](CCCCN)C(=O)N[C@H](C(=O)N[C@@H](CCCCN)C(=O)O)C(C)C)C(C)C)[C@@H](C)O. The van der Waals surface area contributed by atoms with E-state index in [9.17, 15) is 73.2 Å². The number of aliphatic hydroxyl groups is 1. The van der Waals surface area contributed by atoms with E-state index in [0.717, 1.165) is 6.92 Å². The van der Waals surface area contributed by atoms with Crippen molar-refractivity contribution in [2.45, 2.75) is 199 Å². The van der Waals surface area contributed by atoms with Crippen molar-refractivity contribution in [3.8, 4) is 5.75 Å². The summed E-state index contributed by atoms with van der Waals surface area (Å²) in [6.07, 6.45) is 0.185. The number of hydrogen-bond acceptors (Lipinski definition) is 16. The average Bonchev–Trinajstić information content (AvgIpc) is 1.78. The fraction of sp³-hybridized carbons (Fsp3) is 0.597. The molecule has 0 fully saturated rings. The Labute approximate surface area is 525 Å². The van der Waals surface area contributed by atoms with Crippen LogP contribution in [-0.4, -0.2) is 170 Å². The summed E-state index contributed by atoms with van der Waals surface area (Å²) in [7, 11) is 0. The number of H-pyrrole nitrogens is 1. The van der Waals surface area contributed by atoms with Crippen molar-refractivity contribution in [1.82, 2.24) is 52.8 Å². The molecule has 3 aromatic rings. The lowest BCUT2D eigenvalue weighted by Gasteiger charge is -2.30. The predicted octanol–water partition coefficient (Wildman–Crippen LogP) is -0.0485. The molecule has 0 radical (unpaired) electrons. The van der Waals surface area contributed by atoms with E-state index < -0.39 is 156 Å². The van der Waals surface area contributed by atoms with Gasteiger partial charge in [0, 0.05) is 36.4 Å². The number of aliphatic hydroxyl groups excluding tert-OH is 1. The van der Waals surface area contributed by atoms with Crippen molar-refractivity contribution < 1.29 is 73.2 Å². The summed E-state index contributed by atoms with van der Waals surface area (Å²) in [6, 6.07) is -1.11. The van der Waals surface area contributed by atoms with E-state index in [1.165, 1.54) is 24.3 Å². The number of aromatic amines is 1. The average molecular weight is 1260 g/mol. The normalized spacial score (nSPS) is 15.2. The summed E-state index contributed by atoms with van der Waals surface area (Å²) in [6.45, 7) is 15.2. The molecule has 28 nitrogen and oxygen atoms in total. The van der Waals surface area contributed by atoms with Crippen molar-refractivity contribution in [3.63, 3.8) is 0 Å². The lowest BCUT2D eigenvalue weighted by atomic mass is 9.98. The summed E-state index contributed by atoms with van der Waals surface area (Å²) >= 11 is 0. The summed E-state index contributed by atoms with van der Waals surface area (Å²) in [4.78, 5) is 155. The smallest absolute Gasteiger partial charge is 0.326 e. The highest BCUT2D eigenvalue weighted by Crippen LogP contribution is 2.21. The predicted molar refractivity (Wildman–Crippen MR) is 335 cm³/mol. The first-order valence-electron chi connectivity index (χ1n) is 30.7. The number of carboxylic acid groups (broad SMARTS) is 2. The van der Waals surface area contributed by atoms with E-state index in [2.05, 4.69) is 52.8 Å². The van der Waals surface area contributed by atoms with E-state index in [-0.39, 0.29) is 56.2 Å². The number of hydrogen-bond donors (Lipinski definition) is 17. The van der Waals surface area contributed by atoms with Crippen molar-refractivity contribution in [2.24, 2.45) is 40.9 Å². The highest BCUT2D eigenvalue weighted by atomic mass is 16.4. The van der Waals surface area contributed by atoms with E-state index in [1.54, 1.807) is 85.9 Å². The van der Waals surface area contributed by atoms with Crippen LogP contribution in [0.2, 0.25) is 0 Å². The Morgan fingerprint density at radius 3 is 1.42 bits per heavy atom. The Morgan fingerprint density at radius 1 is 0.478 bits per heavy atom. The number of nitrogens with two attached hydrogens (primary N) is 3. The quantitative estimate of drug-likeness (QED) is 0.0332. The van der Waals surface area contributed by atoms with Gasteiger partial charge in [0.1, 0.15) is 60.1 Å². The molecule has 0 aliphatic heterocycles. The molecule has 0 unspecified atom stereocenters. The fourth-order valence-electron chi connectivity index (χ4n) is 9.69. The van der Waals surface area contributed by atoms with Gasteiger partial charge in [-0.05, 0) is 124 Å². The molecule has 28 heteroatoms. The van der Waals surface area contributed by atoms with Gasteiger partial charge in [0.2, 0.25) is 53.2 Å². The molecule has 0 bridgehead atoms. The molecule has 0 aliphatic rings. The summed E-state index contributed by atoms with van der Waals surface area (Å²) < 4.78 is 0. The van der Waals surface area contributed by atoms with Crippen LogP contribution in [-0.2, 0) is 65.6 Å². The monoisotopic (exact) mass is 1260 g/mol. The van der Waals surface area contributed by atoms with Crippen molar-refractivity contribution in [1.29, 1.82) is 0 Å². The number of carbonyl (C=O) groups is 11. The zero-order valence-electron chi connectivity index (χ0n) is 53.1. The first kappa shape index (κ1) is 76.0. The van der Waals surface area contributed by atoms with E-state index >= 15 is 0 Å². The summed E-state index contributed by atoms with van der Waals surface area (Å²) in [5.41, 5.74) is 19.2. The van der Waals surface area contributed by atoms with Gasteiger partial charge in [-0.3, -0.25) is 47.9 Å². The summed E-state index contributed by atoms with van der Waals surface area (Å²) in [5, 5.41) is 64.6. The minimum absolute atomic E-state index is 0.0215. The second-order valence-corrected chi connectivity index (χ2v) is 24.2. The largest absolute Gasteiger partial charge is 0.508 e. The van der Waals surface area contributed by atoms with Gasteiger partial charge < -0.3 is 90.5 Å². The van der Waals surface area contributed by atoms with Crippen molar-refractivity contribution in [2.75, 3.05) is 13.1 Å². The molecule has 1 aromatic heterocycles. The van der Waals surface area contributed by atoms with Gasteiger partial charge in [0.25, 0.3) is 0 Å². The highest BCUT2D eigenvalue weighted by Gasteiger charge is 2.38. The van der Waals surface area contributed by atoms with Crippen molar-refractivity contribution >= 4 is 76.0 Å². The maximum atomic E-state index is 14.8. The first-order chi connectivity index (χ1) is 42.4. The Bertz CT molecular complexity index is 2880. The molecule has 1 heterocycles. The number of aromatic nitrogens is 1.